The minimum atomic E-state index is -0.149. The number of aromatic nitrogens is 3. The Labute approximate surface area is 251 Å². The second kappa shape index (κ2) is 13.3. The summed E-state index contributed by atoms with van der Waals surface area (Å²) in [4.78, 5) is 40.9. The average Bonchev–Trinajstić information content (AvgIpc) is 3.67. The highest BCUT2D eigenvalue weighted by molar-refractivity contribution is 7.13. The fraction of sp³-hybridized carbons (Fsp3) is 0.333. The summed E-state index contributed by atoms with van der Waals surface area (Å²) in [5.74, 6) is -0.140. The third-order valence-electron chi connectivity index (χ3n) is 7.57. The molecule has 0 saturated heterocycles. The van der Waals surface area contributed by atoms with Gasteiger partial charge in [-0.3, -0.25) is 14.6 Å². The smallest absolute Gasteiger partial charge is 0.256 e. The van der Waals surface area contributed by atoms with Crippen molar-refractivity contribution in [1.82, 2.24) is 25.2 Å². The van der Waals surface area contributed by atoms with E-state index in [0.29, 0.717) is 18.5 Å². The molecule has 0 atom stereocenters. The van der Waals surface area contributed by atoms with E-state index in [1.165, 1.54) is 0 Å². The Bertz CT molecular complexity index is 1600. The number of H-pyrrole nitrogens is 1. The topological polar surface area (TPSA) is 103 Å². The zero-order valence-corrected chi connectivity index (χ0v) is 25.5. The molecule has 4 aromatic rings. The standard InChI is InChI=1S/C33H38N6O2S/c1-5-14-39(15-6-2)16-13-35-31(40)19-24-21(3)29(36-22(24)4)18-26-25-17-23(10-11-27(25)37-32(26)41)30-20-42-33(38-30)28-9-7-8-12-34-28/h7-12,17-18,20,36H,5-6,13-16,19H2,1-4H3,(H,35,40)(H,37,41)/b26-18-. The Morgan fingerprint density at radius 1 is 1.07 bits per heavy atom. The third-order valence-corrected chi connectivity index (χ3v) is 8.44. The van der Waals surface area contributed by atoms with Gasteiger partial charge < -0.3 is 20.5 Å². The number of benzene rings is 1. The molecule has 3 N–H and O–H groups in total. The normalized spacial score (nSPS) is 13.5. The van der Waals surface area contributed by atoms with E-state index in [1.807, 2.05) is 61.7 Å². The monoisotopic (exact) mass is 582 g/mol. The molecule has 0 bridgehead atoms. The Balaban J connectivity index is 1.32. The number of aromatic amines is 1. The van der Waals surface area contributed by atoms with Gasteiger partial charge in [-0.2, -0.15) is 0 Å². The van der Waals surface area contributed by atoms with Crippen molar-refractivity contribution in [2.24, 2.45) is 0 Å². The maximum absolute atomic E-state index is 13.0. The lowest BCUT2D eigenvalue weighted by molar-refractivity contribution is -0.120. The van der Waals surface area contributed by atoms with Gasteiger partial charge in [0.05, 0.1) is 23.4 Å². The van der Waals surface area contributed by atoms with Crippen molar-refractivity contribution in [2.45, 2.75) is 47.0 Å². The van der Waals surface area contributed by atoms with Crippen molar-refractivity contribution in [2.75, 3.05) is 31.5 Å². The van der Waals surface area contributed by atoms with Gasteiger partial charge in [-0.15, -0.1) is 11.3 Å². The third kappa shape index (κ3) is 6.53. The van der Waals surface area contributed by atoms with Crippen molar-refractivity contribution in [3.63, 3.8) is 0 Å². The van der Waals surface area contributed by atoms with Crippen LogP contribution in [-0.2, 0) is 16.0 Å². The van der Waals surface area contributed by atoms with Gasteiger partial charge >= 0.3 is 0 Å². The number of amides is 2. The minimum absolute atomic E-state index is 0.00859. The molecular formula is C33H38N6O2S. The summed E-state index contributed by atoms with van der Waals surface area (Å²) in [5, 5.41) is 8.94. The molecular weight excluding hydrogens is 544 g/mol. The molecule has 42 heavy (non-hydrogen) atoms. The van der Waals surface area contributed by atoms with Crippen LogP contribution in [0.2, 0.25) is 0 Å². The molecule has 0 unspecified atom stereocenters. The van der Waals surface area contributed by atoms with Gasteiger partial charge in [0.25, 0.3) is 5.91 Å². The van der Waals surface area contributed by atoms with E-state index in [4.69, 9.17) is 4.98 Å². The van der Waals surface area contributed by atoms with E-state index in [-0.39, 0.29) is 11.8 Å². The summed E-state index contributed by atoms with van der Waals surface area (Å²) in [6.07, 6.45) is 6.17. The van der Waals surface area contributed by atoms with Crippen molar-refractivity contribution >= 4 is 40.5 Å². The number of carbonyl (C=O) groups is 2. The Kier molecular flexibility index (Phi) is 9.29. The van der Waals surface area contributed by atoms with Crippen LogP contribution >= 0.6 is 11.3 Å². The number of fused-ring (bicyclic) bond motifs is 1. The van der Waals surface area contributed by atoms with E-state index >= 15 is 0 Å². The number of nitrogens with zero attached hydrogens (tertiary/aromatic N) is 3. The Morgan fingerprint density at radius 3 is 2.62 bits per heavy atom. The molecule has 5 rings (SSSR count). The van der Waals surface area contributed by atoms with E-state index in [2.05, 4.69) is 39.3 Å². The maximum atomic E-state index is 13.0. The van der Waals surface area contributed by atoms with Crippen molar-refractivity contribution in [1.29, 1.82) is 0 Å². The highest BCUT2D eigenvalue weighted by atomic mass is 32.1. The molecule has 0 radical (unpaired) electrons. The number of rotatable bonds is 12. The first-order valence-electron chi connectivity index (χ1n) is 14.6. The number of carbonyl (C=O) groups excluding carboxylic acids is 2. The minimum Gasteiger partial charge on any atom is -0.359 e. The van der Waals surface area contributed by atoms with Crippen molar-refractivity contribution < 1.29 is 9.59 Å². The van der Waals surface area contributed by atoms with Crippen LogP contribution in [0.1, 0.15) is 54.8 Å². The van der Waals surface area contributed by atoms with E-state index in [1.54, 1.807) is 17.5 Å². The molecule has 1 aliphatic heterocycles. The number of pyridine rings is 1. The SMILES string of the molecule is CCCN(CCC)CCNC(=O)Cc1c(C)[nH]c(/C=C2\C(=O)Nc3ccc(-c4csc(-c5ccccn5)n4)cc32)c1C. The summed E-state index contributed by atoms with van der Waals surface area (Å²) in [6, 6.07) is 11.7. The molecule has 9 heteroatoms. The molecule has 1 aromatic carbocycles. The zero-order valence-electron chi connectivity index (χ0n) is 24.7. The summed E-state index contributed by atoms with van der Waals surface area (Å²) in [6.45, 7) is 11.9. The molecule has 4 heterocycles. The summed E-state index contributed by atoms with van der Waals surface area (Å²) < 4.78 is 0. The van der Waals surface area contributed by atoms with Crippen molar-refractivity contribution in [3.05, 3.63) is 76.1 Å². The van der Waals surface area contributed by atoms with Crippen LogP contribution < -0.4 is 10.6 Å². The zero-order chi connectivity index (χ0) is 29.6. The lowest BCUT2D eigenvalue weighted by Gasteiger charge is -2.20. The molecule has 218 valence electrons. The van der Waals surface area contributed by atoms with Crippen LogP contribution in [0.4, 0.5) is 5.69 Å². The van der Waals surface area contributed by atoms with Gasteiger partial charge in [0.1, 0.15) is 5.01 Å². The fourth-order valence-corrected chi connectivity index (χ4v) is 6.22. The number of nitrogens with one attached hydrogen (secondary N) is 3. The molecule has 0 aliphatic carbocycles. The van der Waals surface area contributed by atoms with Crippen LogP contribution in [0.25, 0.3) is 33.6 Å². The van der Waals surface area contributed by atoms with Gasteiger partial charge in [0.15, 0.2) is 0 Å². The largest absolute Gasteiger partial charge is 0.359 e. The number of aryl methyl sites for hydroxylation is 1. The molecule has 8 nitrogen and oxygen atoms in total. The predicted octanol–water partition coefficient (Wildman–Crippen LogP) is 6.09. The molecule has 0 saturated carbocycles. The first kappa shape index (κ1) is 29.4. The van der Waals surface area contributed by atoms with Crippen molar-refractivity contribution in [3.8, 4) is 22.0 Å². The first-order valence-corrected chi connectivity index (χ1v) is 15.5. The van der Waals surface area contributed by atoms with Gasteiger partial charge in [-0.25, -0.2) is 4.98 Å². The Morgan fingerprint density at radius 2 is 1.88 bits per heavy atom. The quantitative estimate of drug-likeness (QED) is 0.176. The maximum Gasteiger partial charge on any atom is 0.256 e. The number of anilines is 1. The lowest BCUT2D eigenvalue weighted by Crippen LogP contribution is -2.36. The molecule has 0 fully saturated rings. The number of hydrogen-bond acceptors (Lipinski definition) is 6. The number of hydrogen-bond donors (Lipinski definition) is 3. The predicted molar refractivity (Wildman–Crippen MR) is 171 cm³/mol. The van der Waals surface area contributed by atoms with E-state index in [0.717, 1.165) is 88.2 Å². The second-order valence-electron chi connectivity index (χ2n) is 10.7. The van der Waals surface area contributed by atoms with Crippen LogP contribution in [0, 0.1) is 13.8 Å². The van der Waals surface area contributed by atoms with Crippen LogP contribution in [0.5, 0.6) is 0 Å². The lowest BCUT2D eigenvalue weighted by atomic mass is 10.0. The average molecular weight is 583 g/mol. The molecule has 1 aliphatic rings. The van der Waals surface area contributed by atoms with Crippen LogP contribution in [0.3, 0.4) is 0 Å². The molecule has 2 amide bonds. The highest BCUT2D eigenvalue weighted by Gasteiger charge is 2.26. The van der Waals surface area contributed by atoms with Gasteiger partial charge in [0, 0.05) is 52.9 Å². The summed E-state index contributed by atoms with van der Waals surface area (Å²) in [5.41, 5.74) is 8.52. The van der Waals surface area contributed by atoms with E-state index < -0.39 is 0 Å². The molecule has 3 aromatic heterocycles. The summed E-state index contributed by atoms with van der Waals surface area (Å²) in [7, 11) is 0. The first-order chi connectivity index (χ1) is 20.4. The van der Waals surface area contributed by atoms with Crippen LogP contribution in [0.15, 0.2) is 48.0 Å². The van der Waals surface area contributed by atoms with Gasteiger partial charge in [-0.05, 0) is 81.2 Å². The second-order valence-corrected chi connectivity index (χ2v) is 11.5. The Hall–Kier alpha value is -4.08. The highest BCUT2D eigenvalue weighted by Crippen LogP contribution is 2.37. The fourth-order valence-electron chi connectivity index (χ4n) is 5.42. The molecule has 0 spiro atoms. The van der Waals surface area contributed by atoms with Gasteiger partial charge in [-0.1, -0.05) is 26.0 Å². The van der Waals surface area contributed by atoms with E-state index in [9.17, 15) is 9.59 Å². The van der Waals surface area contributed by atoms with Crippen LogP contribution in [-0.4, -0.2) is 57.8 Å². The number of thiazole rings is 1. The van der Waals surface area contributed by atoms with Gasteiger partial charge in [0.2, 0.25) is 5.91 Å². The summed E-state index contributed by atoms with van der Waals surface area (Å²) >= 11 is 1.55.